The van der Waals surface area contributed by atoms with Crippen molar-refractivity contribution in [2.75, 3.05) is 17.7 Å². The van der Waals surface area contributed by atoms with E-state index in [1.807, 2.05) is 35.6 Å². The number of nitrogens with zero attached hydrogens (tertiary/aromatic N) is 3. The summed E-state index contributed by atoms with van der Waals surface area (Å²) in [5, 5.41) is 13.0. The van der Waals surface area contributed by atoms with Crippen LogP contribution in [0, 0.1) is 6.92 Å². The molecular formula is C22H20N4O3S. The number of nitrogens with one attached hydrogen (secondary N) is 1. The molecule has 2 aromatic carbocycles. The lowest BCUT2D eigenvalue weighted by Gasteiger charge is -2.10. The molecule has 0 saturated heterocycles. The van der Waals surface area contributed by atoms with Gasteiger partial charge in [0.25, 0.3) is 0 Å². The average Bonchev–Trinajstić information content (AvgIpc) is 3.16. The molecule has 30 heavy (non-hydrogen) atoms. The Morgan fingerprint density at radius 1 is 1.10 bits per heavy atom. The lowest BCUT2D eigenvalue weighted by atomic mass is 10.1. The quantitative estimate of drug-likeness (QED) is 0.373. The highest BCUT2D eigenvalue weighted by atomic mass is 32.2. The third-order valence-corrected chi connectivity index (χ3v) is 5.53. The molecule has 4 aromatic rings. The van der Waals surface area contributed by atoms with Crippen molar-refractivity contribution < 1.29 is 14.3 Å². The molecular weight excluding hydrogens is 400 g/mol. The van der Waals surface area contributed by atoms with E-state index in [1.165, 1.54) is 11.8 Å². The van der Waals surface area contributed by atoms with Gasteiger partial charge in [-0.3, -0.25) is 9.20 Å². The highest BCUT2D eigenvalue weighted by Crippen LogP contribution is 2.26. The second kappa shape index (κ2) is 8.54. The van der Waals surface area contributed by atoms with Gasteiger partial charge in [0.05, 0.1) is 29.1 Å². The first kappa shape index (κ1) is 19.9. The monoisotopic (exact) mass is 420 g/mol. The Morgan fingerprint density at radius 2 is 1.87 bits per heavy atom. The maximum absolute atomic E-state index is 12.6. The van der Waals surface area contributed by atoms with Crippen LogP contribution in [0.4, 0.5) is 5.69 Å². The molecule has 0 saturated carbocycles. The fraction of sp³-hybridized carbons (Fsp3) is 0.182. The lowest BCUT2D eigenvalue weighted by Crippen LogP contribution is -2.17. The van der Waals surface area contributed by atoms with E-state index < -0.39 is 5.97 Å². The summed E-state index contributed by atoms with van der Waals surface area (Å²) in [5.41, 5.74) is 3.60. The second-order valence-electron chi connectivity index (χ2n) is 6.62. The third-order valence-electron chi connectivity index (χ3n) is 4.60. The van der Waals surface area contributed by atoms with Gasteiger partial charge >= 0.3 is 5.97 Å². The molecule has 152 valence electrons. The lowest BCUT2D eigenvalue weighted by molar-refractivity contribution is -0.113. The van der Waals surface area contributed by atoms with Crippen LogP contribution in [0.1, 0.15) is 22.8 Å². The number of hydrogen-bond donors (Lipinski definition) is 1. The van der Waals surface area contributed by atoms with Crippen molar-refractivity contribution in [2.24, 2.45) is 0 Å². The summed E-state index contributed by atoms with van der Waals surface area (Å²) in [6.07, 6.45) is 0. The molecule has 0 bridgehead atoms. The number of anilines is 1. The number of amides is 1. The van der Waals surface area contributed by atoms with Gasteiger partial charge in [-0.1, -0.05) is 42.1 Å². The Balaban J connectivity index is 1.54. The summed E-state index contributed by atoms with van der Waals surface area (Å²) in [7, 11) is 0. The first-order chi connectivity index (χ1) is 14.6. The van der Waals surface area contributed by atoms with E-state index in [0.717, 1.165) is 22.1 Å². The first-order valence-electron chi connectivity index (χ1n) is 9.50. The van der Waals surface area contributed by atoms with E-state index in [1.54, 1.807) is 31.2 Å². The maximum atomic E-state index is 12.6. The molecule has 0 aliphatic rings. The largest absolute Gasteiger partial charge is 0.462 e. The Morgan fingerprint density at radius 3 is 2.70 bits per heavy atom. The van der Waals surface area contributed by atoms with E-state index >= 15 is 0 Å². The number of hydrogen-bond acceptors (Lipinski definition) is 6. The van der Waals surface area contributed by atoms with Gasteiger partial charge in [0.2, 0.25) is 5.91 Å². The molecule has 0 unspecified atom stereocenters. The van der Waals surface area contributed by atoms with Gasteiger partial charge in [-0.05, 0) is 43.7 Å². The number of carbonyl (C=O) groups excluding carboxylic acids is 2. The number of thioether (sulfide) groups is 1. The first-order valence-corrected chi connectivity index (χ1v) is 10.5. The van der Waals surface area contributed by atoms with Gasteiger partial charge in [0, 0.05) is 5.39 Å². The zero-order valence-corrected chi connectivity index (χ0v) is 17.4. The highest BCUT2D eigenvalue weighted by molar-refractivity contribution is 7.99. The number of fused-ring (bicyclic) bond motifs is 3. The molecule has 0 atom stereocenters. The summed E-state index contributed by atoms with van der Waals surface area (Å²) >= 11 is 1.29. The van der Waals surface area contributed by atoms with E-state index in [0.29, 0.717) is 16.4 Å². The van der Waals surface area contributed by atoms with Crippen molar-refractivity contribution >= 4 is 45.9 Å². The predicted octanol–water partition coefficient (Wildman–Crippen LogP) is 4.10. The van der Waals surface area contributed by atoms with Crippen LogP contribution in [0.3, 0.4) is 0 Å². The number of rotatable bonds is 6. The van der Waals surface area contributed by atoms with Crippen LogP contribution in [0.25, 0.3) is 16.6 Å². The van der Waals surface area contributed by atoms with Crippen LogP contribution in [0.15, 0.2) is 59.8 Å². The fourth-order valence-corrected chi connectivity index (χ4v) is 4.02. The van der Waals surface area contributed by atoms with Crippen molar-refractivity contribution in [3.8, 4) is 0 Å². The number of esters is 1. The molecule has 1 N–H and O–H groups in total. The number of aryl methyl sites for hydroxylation is 1. The number of carbonyl (C=O) groups is 2. The van der Waals surface area contributed by atoms with Crippen molar-refractivity contribution in [1.82, 2.24) is 14.6 Å². The molecule has 0 spiro atoms. The van der Waals surface area contributed by atoms with Crippen LogP contribution in [0.2, 0.25) is 0 Å². The highest BCUT2D eigenvalue weighted by Gasteiger charge is 2.16. The number of ether oxygens (including phenoxy) is 1. The Kier molecular flexibility index (Phi) is 5.67. The Bertz CT molecular complexity index is 1250. The number of para-hydroxylation sites is 2. The van der Waals surface area contributed by atoms with Crippen molar-refractivity contribution in [2.45, 2.75) is 19.0 Å². The summed E-state index contributed by atoms with van der Waals surface area (Å²) in [6, 6.07) is 16.8. The van der Waals surface area contributed by atoms with Crippen molar-refractivity contribution in [1.29, 1.82) is 0 Å². The molecule has 1 amide bonds. The van der Waals surface area contributed by atoms with Gasteiger partial charge in [-0.15, -0.1) is 10.2 Å². The summed E-state index contributed by atoms with van der Waals surface area (Å²) in [6.45, 7) is 4.05. The fourth-order valence-electron chi connectivity index (χ4n) is 3.26. The number of aromatic nitrogens is 3. The van der Waals surface area contributed by atoms with E-state index in [2.05, 4.69) is 21.6 Å². The van der Waals surface area contributed by atoms with E-state index in [-0.39, 0.29) is 18.3 Å². The molecule has 7 nitrogen and oxygen atoms in total. The molecule has 4 rings (SSSR count). The molecule has 2 aromatic heterocycles. The smallest absolute Gasteiger partial charge is 0.340 e. The van der Waals surface area contributed by atoms with Gasteiger partial charge in [0.15, 0.2) is 10.8 Å². The van der Waals surface area contributed by atoms with E-state index in [4.69, 9.17) is 4.74 Å². The Hall–Kier alpha value is -3.39. The van der Waals surface area contributed by atoms with Gasteiger partial charge in [-0.2, -0.15) is 0 Å². The zero-order valence-electron chi connectivity index (χ0n) is 16.6. The molecule has 0 fully saturated rings. The third kappa shape index (κ3) is 3.86. The minimum absolute atomic E-state index is 0.125. The van der Waals surface area contributed by atoms with Crippen molar-refractivity contribution in [3.63, 3.8) is 0 Å². The standard InChI is InChI=1S/C22H20N4O3S/c1-3-29-21(28)16-9-4-6-10-17(16)23-20(27)13-30-22-25-24-19-12-14(2)15-8-5-7-11-18(15)26(19)22/h4-12H,3,13H2,1-2H3,(H,23,27). The minimum Gasteiger partial charge on any atom is -0.462 e. The molecule has 0 radical (unpaired) electrons. The van der Waals surface area contributed by atoms with Crippen LogP contribution in [-0.2, 0) is 9.53 Å². The maximum Gasteiger partial charge on any atom is 0.340 e. The zero-order chi connectivity index (χ0) is 21.1. The van der Waals surface area contributed by atoms with Crippen LogP contribution in [-0.4, -0.2) is 38.8 Å². The summed E-state index contributed by atoms with van der Waals surface area (Å²) < 4.78 is 7.00. The predicted molar refractivity (Wildman–Crippen MR) is 117 cm³/mol. The molecule has 0 aliphatic carbocycles. The van der Waals surface area contributed by atoms with E-state index in [9.17, 15) is 9.59 Å². The van der Waals surface area contributed by atoms with Gasteiger partial charge in [0.1, 0.15) is 0 Å². The van der Waals surface area contributed by atoms with Crippen molar-refractivity contribution in [3.05, 3.63) is 65.7 Å². The summed E-state index contributed by atoms with van der Waals surface area (Å²) in [5.74, 6) is -0.587. The SMILES string of the molecule is CCOC(=O)c1ccccc1NC(=O)CSc1nnc2cc(C)c3ccccc3n12. The molecule has 8 heteroatoms. The topological polar surface area (TPSA) is 85.6 Å². The molecule has 2 heterocycles. The van der Waals surface area contributed by atoms with Gasteiger partial charge in [-0.25, -0.2) is 4.79 Å². The van der Waals surface area contributed by atoms with Crippen LogP contribution < -0.4 is 5.32 Å². The second-order valence-corrected chi connectivity index (χ2v) is 7.57. The Labute approximate surface area is 177 Å². The summed E-state index contributed by atoms with van der Waals surface area (Å²) in [4.78, 5) is 24.6. The normalized spacial score (nSPS) is 11.0. The van der Waals surface area contributed by atoms with Crippen LogP contribution in [0.5, 0.6) is 0 Å². The molecule has 0 aliphatic heterocycles. The average molecular weight is 420 g/mol. The number of benzene rings is 2. The number of pyridine rings is 1. The van der Waals surface area contributed by atoms with Gasteiger partial charge < -0.3 is 10.1 Å². The van der Waals surface area contributed by atoms with Crippen LogP contribution >= 0.6 is 11.8 Å². The minimum atomic E-state index is -0.466.